The summed E-state index contributed by atoms with van der Waals surface area (Å²) in [7, 11) is 0. The van der Waals surface area contributed by atoms with Gasteiger partial charge in [-0.1, -0.05) is 18.5 Å². The van der Waals surface area contributed by atoms with Crippen LogP contribution >= 0.6 is 0 Å². The van der Waals surface area contributed by atoms with Crippen molar-refractivity contribution in [2.24, 2.45) is 5.16 Å². The molecular formula is C13H19NO2. The quantitative estimate of drug-likeness (QED) is 0.471. The number of hydrogen-bond acceptors (Lipinski definition) is 3. The molecule has 0 saturated carbocycles. The van der Waals surface area contributed by atoms with Gasteiger partial charge in [-0.05, 0) is 49.6 Å². The highest BCUT2D eigenvalue weighted by Crippen LogP contribution is 2.17. The fourth-order valence-electron chi connectivity index (χ4n) is 1.28. The number of rotatable bonds is 5. The predicted octanol–water partition coefficient (Wildman–Crippen LogP) is 3.24. The zero-order valence-corrected chi connectivity index (χ0v) is 10.2. The SMILES string of the molecule is CCCCO/N=C(\C)c1ccc(O)c(C)c1. The van der Waals surface area contributed by atoms with Gasteiger partial charge in [0.1, 0.15) is 12.4 Å². The number of phenols is 1. The van der Waals surface area contributed by atoms with Gasteiger partial charge in [0.25, 0.3) is 0 Å². The molecule has 0 fully saturated rings. The van der Waals surface area contributed by atoms with E-state index in [0.29, 0.717) is 12.4 Å². The van der Waals surface area contributed by atoms with Gasteiger partial charge in [-0.25, -0.2) is 0 Å². The van der Waals surface area contributed by atoms with E-state index in [9.17, 15) is 5.11 Å². The lowest BCUT2D eigenvalue weighted by Crippen LogP contribution is -1.97. The van der Waals surface area contributed by atoms with Crippen molar-refractivity contribution in [3.63, 3.8) is 0 Å². The normalized spacial score (nSPS) is 11.6. The van der Waals surface area contributed by atoms with Crippen molar-refractivity contribution >= 4 is 5.71 Å². The molecule has 0 radical (unpaired) electrons. The molecule has 16 heavy (non-hydrogen) atoms. The summed E-state index contributed by atoms with van der Waals surface area (Å²) in [6.07, 6.45) is 2.12. The highest BCUT2D eigenvalue weighted by Gasteiger charge is 2.01. The van der Waals surface area contributed by atoms with Crippen LogP contribution in [0.15, 0.2) is 23.4 Å². The molecule has 3 heteroatoms. The fraction of sp³-hybridized carbons (Fsp3) is 0.462. The van der Waals surface area contributed by atoms with Gasteiger partial charge < -0.3 is 9.94 Å². The molecule has 0 heterocycles. The van der Waals surface area contributed by atoms with Crippen molar-refractivity contribution in [3.05, 3.63) is 29.3 Å². The molecule has 0 bridgehead atoms. The van der Waals surface area contributed by atoms with E-state index in [2.05, 4.69) is 12.1 Å². The first kappa shape index (κ1) is 12.6. The summed E-state index contributed by atoms with van der Waals surface area (Å²) in [5.74, 6) is 0.309. The Labute approximate surface area is 96.7 Å². The summed E-state index contributed by atoms with van der Waals surface area (Å²) >= 11 is 0. The molecule has 88 valence electrons. The number of hydrogen-bond donors (Lipinski definition) is 1. The maximum atomic E-state index is 9.40. The molecule has 3 nitrogen and oxygen atoms in total. The molecule has 0 spiro atoms. The van der Waals surface area contributed by atoms with E-state index in [4.69, 9.17) is 4.84 Å². The van der Waals surface area contributed by atoms with E-state index < -0.39 is 0 Å². The standard InChI is InChI=1S/C13H19NO2/c1-4-5-8-16-14-11(3)12-6-7-13(15)10(2)9-12/h6-7,9,15H,4-5,8H2,1-3H3/b14-11+. The average molecular weight is 221 g/mol. The Morgan fingerprint density at radius 2 is 2.19 bits per heavy atom. The molecule has 1 rings (SSSR count). The molecule has 1 N–H and O–H groups in total. The van der Waals surface area contributed by atoms with Crippen molar-refractivity contribution < 1.29 is 9.94 Å². The number of oxime groups is 1. The Kier molecular flexibility index (Phi) is 4.83. The minimum atomic E-state index is 0.309. The second kappa shape index (κ2) is 6.16. The molecule has 0 atom stereocenters. The van der Waals surface area contributed by atoms with E-state index in [1.54, 1.807) is 6.07 Å². The van der Waals surface area contributed by atoms with Gasteiger partial charge in [0.15, 0.2) is 0 Å². The minimum Gasteiger partial charge on any atom is -0.508 e. The summed E-state index contributed by atoms with van der Waals surface area (Å²) in [6, 6.07) is 5.41. The Bertz CT molecular complexity index is 372. The highest BCUT2D eigenvalue weighted by atomic mass is 16.6. The summed E-state index contributed by atoms with van der Waals surface area (Å²) in [4.78, 5) is 5.19. The number of nitrogens with zero attached hydrogens (tertiary/aromatic N) is 1. The summed E-state index contributed by atoms with van der Waals surface area (Å²) in [5, 5.41) is 13.4. The van der Waals surface area contributed by atoms with Gasteiger partial charge >= 0.3 is 0 Å². The number of aromatic hydroxyl groups is 1. The molecule has 0 aliphatic heterocycles. The molecular weight excluding hydrogens is 202 g/mol. The van der Waals surface area contributed by atoms with E-state index in [1.807, 2.05) is 26.0 Å². The third kappa shape index (κ3) is 3.57. The lowest BCUT2D eigenvalue weighted by molar-refractivity contribution is 0.141. The summed E-state index contributed by atoms with van der Waals surface area (Å²) in [6.45, 7) is 6.54. The highest BCUT2D eigenvalue weighted by molar-refractivity contribution is 5.98. The van der Waals surface area contributed by atoms with Gasteiger partial charge in [-0.15, -0.1) is 0 Å². The smallest absolute Gasteiger partial charge is 0.118 e. The first-order valence-corrected chi connectivity index (χ1v) is 5.61. The largest absolute Gasteiger partial charge is 0.508 e. The van der Waals surface area contributed by atoms with Crippen molar-refractivity contribution in [2.45, 2.75) is 33.6 Å². The molecule has 0 aliphatic carbocycles. The van der Waals surface area contributed by atoms with Crippen LogP contribution in [0.25, 0.3) is 0 Å². The van der Waals surface area contributed by atoms with Gasteiger partial charge in [0.05, 0.1) is 5.71 Å². The number of unbranched alkanes of at least 4 members (excludes halogenated alkanes) is 1. The van der Waals surface area contributed by atoms with Crippen molar-refractivity contribution in [3.8, 4) is 5.75 Å². The van der Waals surface area contributed by atoms with Crippen LogP contribution in [-0.2, 0) is 4.84 Å². The van der Waals surface area contributed by atoms with Crippen LogP contribution in [0.2, 0.25) is 0 Å². The molecule has 0 aliphatic rings. The van der Waals surface area contributed by atoms with Crippen molar-refractivity contribution in [2.75, 3.05) is 6.61 Å². The summed E-state index contributed by atoms with van der Waals surface area (Å²) < 4.78 is 0. The predicted molar refractivity (Wildman–Crippen MR) is 65.9 cm³/mol. The second-order valence-electron chi connectivity index (χ2n) is 3.86. The zero-order chi connectivity index (χ0) is 12.0. The van der Waals surface area contributed by atoms with Crippen LogP contribution < -0.4 is 0 Å². The summed E-state index contributed by atoms with van der Waals surface area (Å²) in [5.41, 5.74) is 2.66. The van der Waals surface area contributed by atoms with E-state index in [1.165, 1.54) is 0 Å². The van der Waals surface area contributed by atoms with Gasteiger partial charge in [0, 0.05) is 0 Å². The number of phenolic OH excluding ortho intramolecular Hbond substituents is 1. The van der Waals surface area contributed by atoms with Gasteiger partial charge in [-0.2, -0.15) is 0 Å². The Morgan fingerprint density at radius 1 is 1.44 bits per heavy atom. The maximum Gasteiger partial charge on any atom is 0.118 e. The number of aryl methyl sites for hydroxylation is 1. The van der Waals surface area contributed by atoms with Gasteiger partial charge in [0.2, 0.25) is 0 Å². The van der Waals surface area contributed by atoms with Crippen LogP contribution in [0.3, 0.4) is 0 Å². The molecule has 1 aromatic rings. The lowest BCUT2D eigenvalue weighted by Gasteiger charge is -2.04. The van der Waals surface area contributed by atoms with E-state index >= 15 is 0 Å². The maximum absolute atomic E-state index is 9.40. The first-order valence-electron chi connectivity index (χ1n) is 5.61. The second-order valence-corrected chi connectivity index (χ2v) is 3.86. The Balaban J connectivity index is 2.64. The van der Waals surface area contributed by atoms with Crippen molar-refractivity contribution in [1.82, 2.24) is 0 Å². The van der Waals surface area contributed by atoms with Crippen LogP contribution in [0.5, 0.6) is 5.75 Å². The molecule has 0 amide bonds. The molecule has 1 aromatic carbocycles. The molecule has 0 aromatic heterocycles. The fourth-order valence-corrected chi connectivity index (χ4v) is 1.28. The number of benzene rings is 1. The lowest BCUT2D eigenvalue weighted by atomic mass is 10.1. The van der Waals surface area contributed by atoms with E-state index in [0.717, 1.165) is 29.7 Å². The average Bonchev–Trinajstić information content (AvgIpc) is 2.28. The Hall–Kier alpha value is -1.51. The topological polar surface area (TPSA) is 41.8 Å². The monoisotopic (exact) mass is 221 g/mol. The van der Waals surface area contributed by atoms with Crippen LogP contribution in [-0.4, -0.2) is 17.4 Å². The first-order chi connectivity index (χ1) is 7.65. The van der Waals surface area contributed by atoms with Crippen LogP contribution in [0.4, 0.5) is 0 Å². The molecule has 0 saturated heterocycles. The van der Waals surface area contributed by atoms with Crippen molar-refractivity contribution in [1.29, 1.82) is 0 Å². The minimum absolute atomic E-state index is 0.309. The zero-order valence-electron chi connectivity index (χ0n) is 10.2. The third-order valence-electron chi connectivity index (χ3n) is 2.41. The van der Waals surface area contributed by atoms with E-state index in [-0.39, 0.29) is 0 Å². The Morgan fingerprint density at radius 3 is 2.81 bits per heavy atom. The molecule has 0 unspecified atom stereocenters. The van der Waals surface area contributed by atoms with Crippen LogP contribution in [0, 0.1) is 6.92 Å². The third-order valence-corrected chi connectivity index (χ3v) is 2.41. The van der Waals surface area contributed by atoms with Gasteiger partial charge in [-0.3, -0.25) is 0 Å². The van der Waals surface area contributed by atoms with Crippen LogP contribution in [0.1, 0.15) is 37.8 Å².